The van der Waals surface area contributed by atoms with Crippen molar-refractivity contribution >= 4 is 53.5 Å². The molecule has 0 bridgehead atoms. The Bertz CT molecular complexity index is 820. The Morgan fingerprint density at radius 3 is 2.54 bits per heavy atom. The van der Waals surface area contributed by atoms with Crippen molar-refractivity contribution in [1.29, 1.82) is 0 Å². The third-order valence-corrected chi connectivity index (χ3v) is 5.21. The number of nitrogen functional groups attached to an aromatic ring is 1. The first kappa shape index (κ1) is 24.3. The number of halogens is 3. The molecule has 6 nitrogen and oxygen atoms in total. The van der Waals surface area contributed by atoms with Crippen LogP contribution in [-0.4, -0.2) is 36.0 Å². The lowest BCUT2D eigenvalue weighted by atomic mass is 10.1. The smallest absolute Gasteiger partial charge is 0.292 e. The Morgan fingerprint density at radius 2 is 1.86 bits per heavy atom. The minimum Gasteiger partial charge on any atom is -0.398 e. The molecule has 2 aromatic rings. The maximum absolute atomic E-state index is 11.5. The van der Waals surface area contributed by atoms with E-state index in [1.807, 2.05) is 24.3 Å². The highest BCUT2D eigenvalue weighted by molar-refractivity contribution is 6.31. The Labute approximate surface area is 182 Å². The van der Waals surface area contributed by atoms with Gasteiger partial charge in [-0.3, -0.25) is 15.0 Å². The predicted molar refractivity (Wildman–Crippen MR) is 120 cm³/mol. The largest absolute Gasteiger partial charge is 0.398 e. The van der Waals surface area contributed by atoms with Crippen LogP contribution in [0.4, 0.5) is 17.1 Å². The molecule has 0 aliphatic carbocycles. The average Bonchev–Trinajstić information content (AvgIpc) is 2.84. The molecule has 0 aromatic heterocycles. The van der Waals surface area contributed by atoms with Gasteiger partial charge in [-0.15, -0.1) is 24.8 Å². The first-order valence-electron chi connectivity index (χ1n) is 8.71. The number of anilines is 2. The zero-order valence-corrected chi connectivity index (χ0v) is 18.0. The molecule has 0 amide bonds. The minimum atomic E-state index is -0.325. The van der Waals surface area contributed by atoms with Crippen LogP contribution in [0.15, 0.2) is 36.4 Å². The van der Waals surface area contributed by atoms with Gasteiger partial charge in [0, 0.05) is 49.5 Å². The Kier molecular flexibility index (Phi) is 9.30. The topological polar surface area (TPSA) is 75.6 Å². The highest BCUT2D eigenvalue weighted by Crippen LogP contribution is 2.33. The standard InChI is InChI=1S/C19H23ClN4O2.2ClH/c1-14-11-19(24(25)26)18(12-17(14)21)23-8-4-7-22(9-10-23)13-15-5-2-3-6-16(15)20;;/h2-3,5-6,11-12H,4,7-10,13,21H2,1H3;2*1H. The van der Waals surface area contributed by atoms with Gasteiger partial charge >= 0.3 is 0 Å². The van der Waals surface area contributed by atoms with Gasteiger partial charge in [0.15, 0.2) is 0 Å². The maximum atomic E-state index is 11.5. The number of hydrogen-bond acceptors (Lipinski definition) is 5. The molecule has 2 aromatic carbocycles. The number of aryl methyl sites for hydroxylation is 1. The molecule has 1 aliphatic heterocycles. The van der Waals surface area contributed by atoms with Crippen LogP contribution >= 0.6 is 36.4 Å². The fourth-order valence-corrected chi connectivity index (χ4v) is 3.53. The Hall–Kier alpha value is -1.73. The zero-order chi connectivity index (χ0) is 18.7. The summed E-state index contributed by atoms with van der Waals surface area (Å²) in [4.78, 5) is 15.6. The van der Waals surface area contributed by atoms with Crippen molar-refractivity contribution in [2.24, 2.45) is 0 Å². The zero-order valence-electron chi connectivity index (χ0n) is 15.6. The first-order valence-corrected chi connectivity index (χ1v) is 9.08. The summed E-state index contributed by atoms with van der Waals surface area (Å²) in [6.07, 6.45) is 0.926. The number of nitro groups is 1. The number of nitrogens with zero attached hydrogens (tertiary/aromatic N) is 3. The van der Waals surface area contributed by atoms with E-state index in [2.05, 4.69) is 9.80 Å². The lowest BCUT2D eigenvalue weighted by Crippen LogP contribution is -2.31. The van der Waals surface area contributed by atoms with Crippen molar-refractivity contribution < 1.29 is 4.92 Å². The quantitative estimate of drug-likeness (QED) is 0.418. The molecular weight excluding hydrogens is 423 g/mol. The molecule has 0 radical (unpaired) electrons. The van der Waals surface area contributed by atoms with Gasteiger partial charge < -0.3 is 10.6 Å². The van der Waals surface area contributed by atoms with Gasteiger partial charge in [-0.25, -0.2) is 0 Å². The number of hydrogen-bond donors (Lipinski definition) is 1. The van der Waals surface area contributed by atoms with E-state index in [4.69, 9.17) is 17.3 Å². The van der Waals surface area contributed by atoms with E-state index in [1.54, 1.807) is 19.1 Å². The van der Waals surface area contributed by atoms with Crippen LogP contribution in [0, 0.1) is 17.0 Å². The second kappa shape index (κ2) is 10.7. The van der Waals surface area contributed by atoms with Crippen molar-refractivity contribution in [3.05, 3.63) is 62.7 Å². The summed E-state index contributed by atoms with van der Waals surface area (Å²) in [5.41, 5.74) is 9.16. The van der Waals surface area contributed by atoms with Gasteiger partial charge in [0.2, 0.25) is 0 Å². The fourth-order valence-electron chi connectivity index (χ4n) is 3.33. The molecule has 0 saturated carbocycles. The summed E-state index contributed by atoms with van der Waals surface area (Å²) in [7, 11) is 0. The van der Waals surface area contributed by atoms with Crippen molar-refractivity contribution in [3.63, 3.8) is 0 Å². The van der Waals surface area contributed by atoms with Crippen LogP contribution in [0.25, 0.3) is 0 Å². The molecule has 154 valence electrons. The molecule has 1 heterocycles. The number of nitro benzene ring substituents is 1. The maximum Gasteiger partial charge on any atom is 0.292 e. The van der Waals surface area contributed by atoms with Crippen LogP contribution < -0.4 is 10.6 Å². The normalized spacial score (nSPS) is 14.6. The average molecular weight is 448 g/mol. The van der Waals surface area contributed by atoms with Crippen LogP contribution in [0.1, 0.15) is 17.5 Å². The van der Waals surface area contributed by atoms with Gasteiger partial charge in [-0.2, -0.15) is 0 Å². The van der Waals surface area contributed by atoms with Crippen molar-refractivity contribution in [1.82, 2.24) is 4.90 Å². The monoisotopic (exact) mass is 446 g/mol. The predicted octanol–water partition coefficient (Wildman–Crippen LogP) is 4.69. The van der Waals surface area contributed by atoms with E-state index in [0.29, 0.717) is 17.9 Å². The molecule has 1 fully saturated rings. The Balaban J connectivity index is 0.00000196. The first-order chi connectivity index (χ1) is 12.5. The molecule has 28 heavy (non-hydrogen) atoms. The third-order valence-electron chi connectivity index (χ3n) is 4.84. The summed E-state index contributed by atoms with van der Waals surface area (Å²) in [5, 5.41) is 12.2. The highest BCUT2D eigenvalue weighted by atomic mass is 35.5. The minimum absolute atomic E-state index is 0. The summed E-state index contributed by atoms with van der Waals surface area (Å²) in [5.74, 6) is 0. The number of rotatable bonds is 4. The van der Waals surface area contributed by atoms with Crippen molar-refractivity contribution in [3.8, 4) is 0 Å². The molecule has 3 rings (SSSR count). The second-order valence-corrected chi connectivity index (χ2v) is 7.07. The van der Waals surface area contributed by atoms with E-state index >= 15 is 0 Å². The second-order valence-electron chi connectivity index (χ2n) is 6.66. The third kappa shape index (κ3) is 5.64. The molecule has 0 spiro atoms. The molecule has 0 atom stereocenters. The van der Waals surface area contributed by atoms with Crippen LogP contribution in [0.2, 0.25) is 5.02 Å². The van der Waals surface area contributed by atoms with Gasteiger partial charge in [0.05, 0.1) is 4.92 Å². The molecular formula is C19H25Cl3N4O2. The Morgan fingerprint density at radius 1 is 1.14 bits per heavy atom. The lowest BCUT2D eigenvalue weighted by molar-refractivity contribution is -0.384. The molecule has 0 unspecified atom stereocenters. The summed E-state index contributed by atoms with van der Waals surface area (Å²) >= 11 is 6.27. The van der Waals surface area contributed by atoms with Gasteiger partial charge in [-0.05, 0) is 36.6 Å². The van der Waals surface area contributed by atoms with E-state index in [0.717, 1.165) is 48.7 Å². The lowest BCUT2D eigenvalue weighted by Gasteiger charge is -2.24. The van der Waals surface area contributed by atoms with Crippen LogP contribution in [-0.2, 0) is 6.54 Å². The fraction of sp³-hybridized carbons (Fsp3) is 0.368. The van der Waals surface area contributed by atoms with Crippen molar-refractivity contribution in [2.45, 2.75) is 19.9 Å². The molecule has 1 aliphatic rings. The van der Waals surface area contributed by atoms with E-state index in [9.17, 15) is 10.1 Å². The SMILES string of the molecule is Cc1cc([N+](=O)[O-])c(N2CCCN(Cc3ccccc3Cl)CC2)cc1N.Cl.Cl. The highest BCUT2D eigenvalue weighted by Gasteiger charge is 2.23. The molecule has 1 saturated heterocycles. The van der Waals surface area contributed by atoms with Gasteiger partial charge in [0.25, 0.3) is 5.69 Å². The summed E-state index contributed by atoms with van der Waals surface area (Å²) in [6.45, 7) is 5.80. The van der Waals surface area contributed by atoms with E-state index in [1.165, 1.54) is 0 Å². The molecule has 9 heteroatoms. The van der Waals surface area contributed by atoms with Gasteiger partial charge in [-0.1, -0.05) is 29.8 Å². The number of nitrogens with two attached hydrogens (primary N) is 1. The van der Waals surface area contributed by atoms with Gasteiger partial charge in [0.1, 0.15) is 5.69 Å². The van der Waals surface area contributed by atoms with Crippen molar-refractivity contribution in [2.75, 3.05) is 36.8 Å². The summed E-state index contributed by atoms with van der Waals surface area (Å²) < 4.78 is 0. The van der Waals surface area contributed by atoms with E-state index in [-0.39, 0.29) is 35.4 Å². The van der Waals surface area contributed by atoms with Crippen LogP contribution in [0.5, 0.6) is 0 Å². The van der Waals surface area contributed by atoms with Crippen LogP contribution in [0.3, 0.4) is 0 Å². The summed E-state index contributed by atoms with van der Waals surface area (Å²) in [6, 6.07) is 11.2. The molecule has 2 N–H and O–H groups in total. The number of benzene rings is 2. The van der Waals surface area contributed by atoms with E-state index < -0.39 is 0 Å².